The van der Waals surface area contributed by atoms with Gasteiger partial charge in [-0.25, -0.2) is 4.79 Å². The lowest BCUT2D eigenvalue weighted by Crippen LogP contribution is -2.36. The molecule has 0 saturated carbocycles. The van der Waals surface area contributed by atoms with E-state index in [-0.39, 0.29) is 24.0 Å². The monoisotopic (exact) mass is 266 g/mol. The van der Waals surface area contributed by atoms with Crippen LogP contribution in [0.5, 0.6) is 0 Å². The topological polar surface area (TPSA) is 50.4 Å². The summed E-state index contributed by atoms with van der Waals surface area (Å²) in [7, 11) is 0. The van der Waals surface area contributed by atoms with Crippen LogP contribution in [0.15, 0.2) is 0 Å². The molecule has 0 atom stereocenters. The number of hydrogen-bond acceptors (Lipinski definition) is 3. The molecule has 0 unspecified atom stereocenters. The van der Waals surface area contributed by atoms with E-state index in [2.05, 4.69) is 31.4 Å². The van der Waals surface area contributed by atoms with Crippen molar-refractivity contribution in [2.45, 2.75) is 52.5 Å². The highest BCUT2D eigenvalue weighted by Crippen LogP contribution is 2.00. The van der Waals surface area contributed by atoms with E-state index in [1.54, 1.807) is 6.92 Å². The molecule has 17 heavy (non-hydrogen) atoms. The molecular formula is C12H27ClN2O2. The molecule has 0 aliphatic rings. The van der Waals surface area contributed by atoms with E-state index in [1.807, 2.05) is 0 Å². The predicted octanol–water partition coefficient (Wildman–Crippen LogP) is 2.71. The zero-order chi connectivity index (χ0) is 12.4. The van der Waals surface area contributed by atoms with E-state index in [4.69, 9.17) is 4.74 Å². The largest absolute Gasteiger partial charge is 0.450 e. The second-order valence-corrected chi connectivity index (χ2v) is 4.88. The standard InChI is InChI=1S/C12H26N2O2.ClH/c1-5-16-11(15)13-9-7-6-8-10-14-12(2,3)4;/h14H,5-10H2,1-4H3,(H,13,15);1H. The summed E-state index contributed by atoms with van der Waals surface area (Å²) in [5.74, 6) is 0. The lowest BCUT2D eigenvalue weighted by Gasteiger charge is -2.20. The van der Waals surface area contributed by atoms with Crippen molar-refractivity contribution in [3.8, 4) is 0 Å². The van der Waals surface area contributed by atoms with E-state index >= 15 is 0 Å². The molecular weight excluding hydrogens is 240 g/mol. The van der Waals surface area contributed by atoms with Gasteiger partial charge < -0.3 is 15.4 Å². The number of nitrogens with one attached hydrogen (secondary N) is 2. The van der Waals surface area contributed by atoms with Gasteiger partial charge in [-0.1, -0.05) is 6.42 Å². The lowest BCUT2D eigenvalue weighted by atomic mass is 10.1. The Morgan fingerprint density at radius 2 is 1.71 bits per heavy atom. The number of halogens is 1. The minimum absolute atomic E-state index is 0. The number of unbranched alkanes of at least 4 members (excludes halogenated alkanes) is 2. The summed E-state index contributed by atoms with van der Waals surface area (Å²) in [5, 5.41) is 6.14. The molecule has 0 saturated heterocycles. The van der Waals surface area contributed by atoms with Gasteiger partial charge in [-0.2, -0.15) is 0 Å². The first-order valence-corrected chi connectivity index (χ1v) is 6.11. The number of ether oxygens (including phenoxy) is 1. The Morgan fingerprint density at radius 3 is 2.24 bits per heavy atom. The lowest BCUT2D eigenvalue weighted by molar-refractivity contribution is 0.152. The van der Waals surface area contributed by atoms with Gasteiger partial charge >= 0.3 is 6.09 Å². The molecule has 0 radical (unpaired) electrons. The van der Waals surface area contributed by atoms with Gasteiger partial charge in [0.2, 0.25) is 0 Å². The molecule has 0 aliphatic heterocycles. The Balaban J connectivity index is 0. The highest BCUT2D eigenvalue weighted by Gasteiger charge is 2.06. The molecule has 0 fully saturated rings. The smallest absolute Gasteiger partial charge is 0.407 e. The van der Waals surface area contributed by atoms with Crippen molar-refractivity contribution in [1.29, 1.82) is 0 Å². The molecule has 2 N–H and O–H groups in total. The van der Waals surface area contributed by atoms with Crippen molar-refractivity contribution in [2.24, 2.45) is 0 Å². The highest BCUT2D eigenvalue weighted by atomic mass is 35.5. The summed E-state index contributed by atoms with van der Waals surface area (Å²) in [6, 6.07) is 0. The van der Waals surface area contributed by atoms with Gasteiger partial charge in [-0.05, 0) is 47.1 Å². The van der Waals surface area contributed by atoms with E-state index in [1.165, 1.54) is 0 Å². The molecule has 1 amide bonds. The third-order valence-electron chi connectivity index (χ3n) is 2.05. The first kappa shape index (κ1) is 18.9. The summed E-state index contributed by atoms with van der Waals surface area (Å²) in [5.41, 5.74) is 0.198. The minimum atomic E-state index is -0.310. The summed E-state index contributed by atoms with van der Waals surface area (Å²) in [6.45, 7) is 10.5. The Morgan fingerprint density at radius 1 is 1.12 bits per heavy atom. The molecule has 0 aromatic rings. The number of carbonyl (C=O) groups is 1. The molecule has 0 aliphatic carbocycles. The van der Waals surface area contributed by atoms with Crippen LogP contribution in [0.3, 0.4) is 0 Å². The van der Waals surface area contributed by atoms with E-state index < -0.39 is 0 Å². The molecule has 0 aromatic heterocycles. The fourth-order valence-electron chi connectivity index (χ4n) is 1.26. The van der Waals surface area contributed by atoms with Gasteiger partial charge in [0.25, 0.3) is 0 Å². The van der Waals surface area contributed by atoms with Crippen molar-refractivity contribution >= 4 is 18.5 Å². The maximum absolute atomic E-state index is 10.9. The van der Waals surface area contributed by atoms with Crippen molar-refractivity contribution in [3.63, 3.8) is 0 Å². The van der Waals surface area contributed by atoms with E-state index in [0.29, 0.717) is 13.2 Å². The zero-order valence-corrected chi connectivity index (χ0v) is 12.3. The average molecular weight is 267 g/mol. The molecule has 0 aromatic carbocycles. The van der Waals surface area contributed by atoms with E-state index in [9.17, 15) is 4.79 Å². The number of hydrogen-bond donors (Lipinski definition) is 2. The Bertz CT molecular complexity index is 193. The first-order chi connectivity index (χ1) is 7.45. The highest BCUT2D eigenvalue weighted by molar-refractivity contribution is 5.85. The van der Waals surface area contributed by atoms with Crippen molar-refractivity contribution < 1.29 is 9.53 Å². The normalized spacial score (nSPS) is 10.6. The molecule has 0 heterocycles. The van der Waals surface area contributed by atoms with Gasteiger partial charge in [0.05, 0.1) is 6.61 Å². The van der Waals surface area contributed by atoms with Gasteiger partial charge in [-0.15, -0.1) is 12.4 Å². The summed E-state index contributed by atoms with van der Waals surface area (Å²) < 4.78 is 4.75. The van der Waals surface area contributed by atoms with Gasteiger partial charge in [0, 0.05) is 12.1 Å². The van der Waals surface area contributed by atoms with Crippen molar-refractivity contribution in [2.75, 3.05) is 19.7 Å². The fraction of sp³-hybridized carbons (Fsp3) is 0.917. The van der Waals surface area contributed by atoms with Gasteiger partial charge in [0.15, 0.2) is 0 Å². The Labute approximate surface area is 111 Å². The third kappa shape index (κ3) is 15.5. The molecule has 5 heteroatoms. The Kier molecular flexibility index (Phi) is 11.8. The average Bonchev–Trinajstić information content (AvgIpc) is 2.15. The molecule has 4 nitrogen and oxygen atoms in total. The first-order valence-electron chi connectivity index (χ1n) is 6.11. The number of carbonyl (C=O) groups excluding carboxylic acids is 1. The number of alkyl carbamates (subject to hydrolysis) is 1. The van der Waals surface area contributed by atoms with Gasteiger partial charge in [0.1, 0.15) is 0 Å². The van der Waals surface area contributed by atoms with Crippen LogP contribution in [0.4, 0.5) is 4.79 Å². The fourth-order valence-corrected chi connectivity index (χ4v) is 1.26. The van der Waals surface area contributed by atoms with Crippen LogP contribution in [0.2, 0.25) is 0 Å². The summed E-state index contributed by atoms with van der Waals surface area (Å²) in [6.07, 6.45) is 2.96. The van der Waals surface area contributed by atoms with Crippen LogP contribution in [0.1, 0.15) is 47.0 Å². The second-order valence-electron chi connectivity index (χ2n) is 4.88. The van der Waals surface area contributed by atoms with Crippen LogP contribution in [0, 0.1) is 0 Å². The second kappa shape index (κ2) is 10.7. The minimum Gasteiger partial charge on any atom is -0.450 e. The quantitative estimate of drug-likeness (QED) is 0.697. The summed E-state index contributed by atoms with van der Waals surface area (Å²) >= 11 is 0. The predicted molar refractivity (Wildman–Crippen MR) is 73.9 cm³/mol. The molecule has 0 bridgehead atoms. The molecule has 0 rings (SSSR count). The van der Waals surface area contributed by atoms with E-state index in [0.717, 1.165) is 25.8 Å². The van der Waals surface area contributed by atoms with Gasteiger partial charge in [-0.3, -0.25) is 0 Å². The van der Waals surface area contributed by atoms with Crippen molar-refractivity contribution in [1.82, 2.24) is 10.6 Å². The maximum atomic E-state index is 10.9. The molecule has 104 valence electrons. The van der Waals surface area contributed by atoms with Crippen LogP contribution in [-0.4, -0.2) is 31.3 Å². The number of amides is 1. The van der Waals surface area contributed by atoms with Crippen LogP contribution >= 0.6 is 12.4 Å². The summed E-state index contributed by atoms with van der Waals surface area (Å²) in [4.78, 5) is 10.9. The van der Waals surface area contributed by atoms with Crippen LogP contribution in [0.25, 0.3) is 0 Å². The van der Waals surface area contributed by atoms with Crippen molar-refractivity contribution in [3.05, 3.63) is 0 Å². The third-order valence-corrected chi connectivity index (χ3v) is 2.05. The maximum Gasteiger partial charge on any atom is 0.407 e. The number of rotatable bonds is 7. The van der Waals surface area contributed by atoms with Crippen LogP contribution < -0.4 is 10.6 Å². The van der Waals surface area contributed by atoms with Crippen LogP contribution in [-0.2, 0) is 4.74 Å². The Hall–Kier alpha value is -0.480. The molecule has 0 spiro atoms. The zero-order valence-electron chi connectivity index (χ0n) is 11.5. The SMILES string of the molecule is CCOC(=O)NCCCCCNC(C)(C)C.Cl.